The Morgan fingerprint density at radius 2 is 2.09 bits per heavy atom. The Bertz CT molecular complexity index is 893. The minimum atomic E-state index is 0.0517. The Balaban J connectivity index is 2.58. The highest BCUT2D eigenvalue weighted by molar-refractivity contribution is 6.10. The molecule has 0 aliphatic rings. The summed E-state index contributed by atoms with van der Waals surface area (Å²) < 4.78 is 1.90. The van der Waals surface area contributed by atoms with E-state index in [0.717, 1.165) is 45.5 Å². The number of rotatable bonds is 3. The molecule has 3 aromatic rings. The van der Waals surface area contributed by atoms with E-state index >= 15 is 0 Å². The molecule has 0 aliphatic heterocycles. The molecular formula is C17H20N4O. The summed E-state index contributed by atoms with van der Waals surface area (Å²) in [6, 6.07) is 2.08. The zero-order valence-corrected chi connectivity index (χ0v) is 13.6. The quantitative estimate of drug-likeness (QED) is 0.694. The normalized spacial score (nSPS) is 11.7. The third kappa shape index (κ3) is 2.00. The van der Waals surface area contributed by atoms with Gasteiger partial charge in [0.25, 0.3) is 0 Å². The summed E-state index contributed by atoms with van der Waals surface area (Å²) in [7, 11) is 0. The summed E-state index contributed by atoms with van der Waals surface area (Å²) in [6.45, 7) is 9.91. The predicted molar refractivity (Wildman–Crippen MR) is 86.5 cm³/mol. The zero-order chi connectivity index (χ0) is 16.0. The third-order valence-corrected chi connectivity index (χ3v) is 4.10. The zero-order valence-electron chi connectivity index (χ0n) is 13.6. The molecule has 0 radical (unpaired) electrons. The molecule has 2 aromatic heterocycles. The maximum Gasteiger partial charge on any atom is 0.171 e. The molecule has 5 heteroatoms. The van der Waals surface area contributed by atoms with E-state index in [1.807, 2.05) is 18.2 Å². The van der Waals surface area contributed by atoms with Crippen molar-refractivity contribution in [3.05, 3.63) is 34.9 Å². The Labute approximate surface area is 129 Å². The van der Waals surface area contributed by atoms with Gasteiger partial charge in [-0.05, 0) is 37.0 Å². The van der Waals surface area contributed by atoms with E-state index < -0.39 is 0 Å². The highest BCUT2D eigenvalue weighted by atomic mass is 16.1. The Kier molecular flexibility index (Phi) is 3.43. The number of ketones is 1. The Morgan fingerprint density at radius 1 is 1.36 bits per heavy atom. The fourth-order valence-corrected chi connectivity index (χ4v) is 3.25. The number of benzene rings is 1. The molecule has 0 amide bonds. The van der Waals surface area contributed by atoms with Gasteiger partial charge < -0.3 is 0 Å². The van der Waals surface area contributed by atoms with Gasteiger partial charge in [0.05, 0.1) is 5.52 Å². The van der Waals surface area contributed by atoms with Crippen molar-refractivity contribution in [3.8, 4) is 0 Å². The lowest BCUT2D eigenvalue weighted by Gasteiger charge is -2.17. The lowest BCUT2D eigenvalue weighted by molar-refractivity contribution is 0.101. The molecule has 0 atom stereocenters. The second kappa shape index (κ2) is 5.16. The predicted octanol–water partition coefficient (Wildman–Crippen LogP) is 3.47. The standard InChI is InChI=1S/C17H20N4O/c1-6-13-19-16-12(17-20-18-8-21(13)17)7-10(4)14(9(2)3)15(16)11(5)22/h7-9H,6H2,1-5H3. The average Bonchev–Trinajstić information content (AvgIpc) is 2.94. The number of aryl methyl sites for hydroxylation is 2. The van der Waals surface area contributed by atoms with Gasteiger partial charge in [0, 0.05) is 17.4 Å². The number of carbonyl (C=O) groups excluding carboxylic acids is 1. The van der Waals surface area contributed by atoms with Crippen molar-refractivity contribution in [2.45, 2.75) is 47.0 Å². The highest BCUT2D eigenvalue weighted by Crippen LogP contribution is 2.32. The summed E-state index contributed by atoms with van der Waals surface area (Å²) in [5, 5.41) is 9.13. The van der Waals surface area contributed by atoms with Crippen LogP contribution < -0.4 is 0 Å². The summed E-state index contributed by atoms with van der Waals surface area (Å²) in [5.74, 6) is 1.19. The van der Waals surface area contributed by atoms with Crippen LogP contribution >= 0.6 is 0 Å². The van der Waals surface area contributed by atoms with Gasteiger partial charge >= 0.3 is 0 Å². The van der Waals surface area contributed by atoms with Crippen LogP contribution in [0.4, 0.5) is 0 Å². The lowest BCUT2D eigenvalue weighted by Crippen LogP contribution is -2.09. The number of Topliss-reactive ketones (excluding diaryl/α,β-unsaturated/α-hetero) is 1. The smallest absolute Gasteiger partial charge is 0.171 e. The second-order valence-corrected chi connectivity index (χ2v) is 6.00. The van der Waals surface area contributed by atoms with Crippen molar-refractivity contribution in [2.24, 2.45) is 0 Å². The van der Waals surface area contributed by atoms with Crippen LogP contribution in [0.15, 0.2) is 12.4 Å². The van der Waals surface area contributed by atoms with Crippen LogP contribution in [0.5, 0.6) is 0 Å². The van der Waals surface area contributed by atoms with E-state index in [9.17, 15) is 4.79 Å². The summed E-state index contributed by atoms with van der Waals surface area (Å²) in [5.41, 5.74) is 4.43. The van der Waals surface area contributed by atoms with Gasteiger partial charge in [0.1, 0.15) is 12.2 Å². The Morgan fingerprint density at radius 3 is 2.68 bits per heavy atom. The fraction of sp³-hybridized carbons (Fsp3) is 0.412. The van der Waals surface area contributed by atoms with E-state index in [1.54, 1.807) is 13.3 Å². The minimum absolute atomic E-state index is 0.0517. The fourth-order valence-electron chi connectivity index (χ4n) is 3.25. The Hall–Kier alpha value is -2.30. The maximum absolute atomic E-state index is 12.3. The molecule has 0 fully saturated rings. The molecule has 0 bridgehead atoms. The van der Waals surface area contributed by atoms with Gasteiger partial charge in [-0.2, -0.15) is 0 Å². The number of carbonyl (C=O) groups is 1. The van der Waals surface area contributed by atoms with Crippen molar-refractivity contribution >= 4 is 22.3 Å². The first-order chi connectivity index (χ1) is 10.5. The van der Waals surface area contributed by atoms with E-state index in [1.165, 1.54) is 0 Å². The van der Waals surface area contributed by atoms with Crippen molar-refractivity contribution in [1.82, 2.24) is 19.6 Å². The van der Waals surface area contributed by atoms with Crippen molar-refractivity contribution in [3.63, 3.8) is 0 Å². The number of hydrogen-bond donors (Lipinski definition) is 0. The van der Waals surface area contributed by atoms with Gasteiger partial charge in [0.2, 0.25) is 0 Å². The van der Waals surface area contributed by atoms with E-state index in [-0.39, 0.29) is 11.7 Å². The first-order valence-corrected chi connectivity index (χ1v) is 7.62. The van der Waals surface area contributed by atoms with E-state index in [2.05, 4.69) is 30.1 Å². The molecule has 22 heavy (non-hydrogen) atoms. The monoisotopic (exact) mass is 296 g/mol. The van der Waals surface area contributed by atoms with Gasteiger partial charge in [-0.3, -0.25) is 9.20 Å². The number of hydrogen-bond acceptors (Lipinski definition) is 4. The topological polar surface area (TPSA) is 60.2 Å². The summed E-state index contributed by atoms with van der Waals surface area (Å²) >= 11 is 0. The SMILES string of the molecule is CCc1nc2c(C(C)=O)c(C(C)C)c(C)cc2c2nncn12. The van der Waals surface area contributed by atoms with Crippen LogP contribution in [-0.2, 0) is 6.42 Å². The summed E-state index contributed by atoms with van der Waals surface area (Å²) in [4.78, 5) is 17.1. The van der Waals surface area contributed by atoms with Crippen molar-refractivity contribution in [1.29, 1.82) is 0 Å². The van der Waals surface area contributed by atoms with Crippen LogP contribution in [0.1, 0.15) is 60.9 Å². The molecule has 0 unspecified atom stereocenters. The molecule has 114 valence electrons. The van der Waals surface area contributed by atoms with Crippen LogP contribution in [0.25, 0.3) is 16.6 Å². The van der Waals surface area contributed by atoms with E-state index in [0.29, 0.717) is 0 Å². The van der Waals surface area contributed by atoms with Crippen LogP contribution in [0.3, 0.4) is 0 Å². The first-order valence-electron chi connectivity index (χ1n) is 7.62. The van der Waals surface area contributed by atoms with Gasteiger partial charge in [0.15, 0.2) is 11.4 Å². The van der Waals surface area contributed by atoms with Crippen LogP contribution in [0.2, 0.25) is 0 Å². The second-order valence-electron chi connectivity index (χ2n) is 6.00. The summed E-state index contributed by atoms with van der Waals surface area (Å²) in [6.07, 6.45) is 2.44. The van der Waals surface area contributed by atoms with Crippen molar-refractivity contribution < 1.29 is 4.79 Å². The third-order valence-electron chi connectivity index (χ3n) is 4.10. The average molecular weight is 296 g/mol. The number of aromatic nitrogens is 4. The number of fused-ring (bicyclic) bond motifs is 3. The van der Waals surface area contributed by atoms with Crippen LogP contribution in [-0.4, -0.2) is 25.4 Å². The molecule has 2 heterocycles. The maximum atomic E-state index is 12.3. The molecule has 3 rings (SSSR count). The highest BCUT2D eigenvalue weighted by Gasteiger charge is 2.21. The molecule has 0 spiro atoms. The number of nitrogens with zero attached hydrogens (tertiary/aromatic N) is 4. The van der Waals surface area contributed by atoms with Gasteiger partial charge in [-0.25, -0.2) is 4.98 Å². The molecule has 0 N–H and O–H groups in total. The first kappa shape index (κ1) is 14.6. The molecule has 5 nitrogen and oxygen atoms in total. The molecule has 0 saturated heterocycles. The molecule has 0 aliphatic carbocycles. The molecule has 1 aromatic carbocycles. The minimum Gasteiger partial charge on any atom is -0.294 e. The van der Waals surface area contributed by atoms with Gasteiger partial charge in [-0.15, -0.1) is 10.2 Å². The van der Waals surface area contributed by atoms with Crippen molar-refractivity contribution in [2.75, 3.05) is 0 Å². The van der Waals surface area contributed by atoms with E-state index in [4.69, 9.17) is 4.98 Å². The lowest BCUT2D eigenvalue weighted by atomic mass is 9.88. The van der Waals surface area contributed by atoms with Crippen LogP contribution in [0, 0.1) is 6.92 Å². The molecular weight excluding hydrogens is 276 g/mol. The largest absolute Gasteiger partial charge is 0.294 e. The molecule has 0 saturated carbocycles. The van der Waals surface area contributed by atoms with Gasteiger partial charge in [-0.1, -0.05) is 20.8 Å².